The van der Waals surface area contributed by atoms with E-state index in [1.54, 1.807) is 16.7 Å². The third kappa shape index (κ3) is 6.86. The van der Waals surface area contributed by atoms with Crippen LogP contribution in [0, 0.1) is 13.8 Å². The van der Waals surface area contributed by atoms with Crippen molar-refractivity contribution in [1.82, 2.24) is 10.2 Å². The van der Waals surface area contributed by atoms with E-state index in [0.29, 0.717) is 12.3 Å². The number of carbonyl (C=O) groups excluding carboxylic acids is 2. The van der Waals surface area contributed by atoms with Crippen LogP contribution in [0.15, 0.2) is 48.5 Å². The molecule has 0 aliphatic heterocycles. The van der Waals surface area contributed by atoms with Gasteiger partial charge in [-0.05, 0) is 50.3 Å². The maximum Gasteiger partial charge on any atom is 0.242 e. The van der Waals surface area contributed by atoms with Gasteiger partial charge in [0.15, 0.2) is 0 Å². The van der Waals surface area contributed by atoms with Gasteiger partial charge >= 0.3 is 0 Å². The Balaban J connectivity index is 1.66. The van der Waals surface area contributed by atoms with E-state index in [1.807, 2.05) is 38.1 Å². The summed E-state index contributed by atoms with van der Waals surface area (Å²) in [6.07, 6.45) is 4.41. The predicted molar refractivity (Wildman–Crippen MR) is 129 cm³/mol. The third-order valence-electron chi connectivity index (χ3n) is 6.09. The van der Waals surface area contributed by atoms with Gasteiger partial charge in [0.05, 0.1) is 5.75 Å². The smallest absolute Gasteiger partial charge is 0.242 e. The van der Waals surface area contributed by atoms with Gasteiger partial charge in [-0.2, -0.15) is 0 Å². The first-order valence-corrected chi connectivity index (χ1v) is 12.4. The summed E-state index contributed by atoms with van der Waals surface area (Å²) in [5.74, 6) is 1.11. The van der Waals surface area contributed by atoms with Crippen molar-refractivity contribution in [3.8, 4) is 0 Å². The Morgan fingerprint density at radius 3 is 2.42 bits per heavy atom. The van der Waals surface area contributed by atoms with Crippen LogP contribution in [0.4, 0.5) is 0 Å². The molecule has 2 amide bonds. The molecule has 1 unspecified atom stereocenters. The van der Waals surface area contributed by atoms with Gasteiger partial charge in [-0.3, -0.25) is 9.59 Å². The molecule has 1 aliphatic rings. The maximum atomic E-state index is 13.2. The van der Waals surface area contributed by atoms with Gasteiger partial charge in [0.2, 0.25) is 11.8 Å². The summed E-state index contributed by atoms with van der Waals surface area (Å²) in [7, 11) is 0. The molecule has 2 aromatic rings. The number of hydrogen-bond donors (Lipinski definition) is 1. The van der Waals surface area contributed by atoms with Crippen molar-refractivity contribution >= 4 is 23.6 Å². The normalized spacial score (nSPS) is 14.9. The Morgan fingerprint density at radius 1 is 1.06 bits per heavy atom. The Kier molecular flexibility index (Phi) is 8.59. The van der Waals surface area contributed by atoms with E-state index in [2.05, 4.69) is 36.5 Å². The molecule has 1 N–H and O–H groups in total. The van der Waals surface area contributed by atoms with Gasteiger partial charge in [-0.15, -0.1) is 11.8 Å². The summed E-state index contributed by atoms with van der Waals surface area (Å²) in [5.41, 5.74) is 4.66. The zero-order valence-corrected chi connectivity index (χ0v) is 19.7. The lowest BCUT2D eigenvalue weighted by atomic mass is 10.1. The second-order valence-corrected chi connectivity index (χ2v) is 9.58. The van der Waals surface area contributed by atoms with Gasteiger partial charge in [0.25, 0.3) is 0 Å². The first kappa shape index (κ1) is 23.4. The van der Waals surface area contributed by atoms with Gasteiger partial charge in [0.1, 0.15) is 6.04 Å². The molecule has 166 valence electrons. The van der Waals surface area contributed by atoms with Crippen LogP contribution in [0.3, 0.4) is 0 Å². The largest absolute Gasteiger partial charge is 0.352 e. The van der Waals surface area contributed by atoms with E-state index < -0.39 is 6.04 Å². The molecule has 1 saturated carbocycles. The average molecular weight is 439 g/mol. The number of nitrogens with zero attached hydrogens (tertiary/aromatic N) is 1. The average Bonchev–Trinajstić information content (AvgIpc) is 3.27. The van der Waals surface area contributed by atoms with Crippen molar-refractivity contribution in [1.29, 1.82) is 0 Å². The van der Waals surface area contributed by atoms with Crippen LogP contribution < -0.4 is 5.32 Å². The Hall–Kier alpha value is -2.27. The Morgan fingerprint density at radius 2 is 1.74 bits per heavy atom. The molecule has 0 heterocycles. The fraction of sp³-hybridized carbons (Fsp3) is 0.462. The minimum absolute atomic E-state index is 0.00874. The van der Waals surface area contributed by atoms with Crippen molar-refractivity contribution in [2.75, 3.05) is 5.75 Å². The van der Waals surface area contributed by atoms with E-state index in [4.69, 9.17) is 0 Å². The highest BCUT2D eigenvalue weighted by Crippen LogP contribution is 2.20. The molecular weight excluding hydrogens is 404 g/mol. The van der Waals surface area contributed by atoms with Crippen LogP contribution in [-0.4, -0.2) is 34.6 Å². The number of carbonyl (C=O) groups is 2. The number of hydrogen-bond acceptors (Lipinski definition) is 3. The van der Waals surface area contributed by atoms with Crippen LogP contribution >= 0.6 is 11.8 Å². The van der Waals surface area contributed by atoms with Crippen LogP contribution in [0.1, 0.15) is 54.9 Å². The molecule has 31 heavy (non-hydrogen) atoms. The zero-order chi connectivity index (χ0) is 22.2. The molecule has 5 heteroatoms. The number of aryl methyl sites for hydroxylation is 2. The highest BCUT2D eigenvalue weighted by atomic mass is 32.2. The number of amides is 2. The monoisotopic (exact) mass is 438 g/mol. The van der Waals surface area contributed by atoms with Crippen LogP contribution in [-0.2, 0) is 21.9 Å². The van der Waals surface area contributed by atoms with Crippen molar-refractivity contribution < 1.29 is 9.59 Å². The SMILES string of the molecule is Cc1ccc(CSCC(=O)N(Cc2ccccc2C)C(C)C(=O)NC2CCCC2)cc1. The minimum atomic E-state index is -0.493. The topological polar surface area (TPSA) is 49.4 Å². The van der Waals surface area contributed by atoms with E-state index >= 15 is 0 Å². The van der Waals surface area contributed by atoms with Crippen molar-refractivity contribution in [3.63, 3.8) is 0 Å². The fourth-order valence-corrected chi connectivity index (χ4v) is 4.84. The molecule has 3 rings (SSSR count). The summed E-state index contributed by atoms with van der Waals surface area (Å²) >= 11 is 1.60. The van der Waals surface area contributed by atoms with Gasteiger partial charge in [0, 0.05) is 18.3 Å². The molecule has 0 bridgehead atoms. The Bertz CT molecular complexity index is 875. The molecular formula is C26H34N2O2S. The molecule has 0 aromatic heterocycles. The minimum Gasteiger partial charge on any atom is -0.352 e. The molecule has 0 saturated heterocycles. The molecule has 0 spiro atoms. The van der Waals surface area contributed by atoms with Gasteiger partial charge in [-0.1, -0.05) is 66.9 Å². The fourth-order valence-electron chi connectivity index (χ4n) is 3.97. The Labute approximate surface area is 190 Å². The van der Waals surface area contributed by atoms with E-state index in [9.17, 15) is 9.59 Å². The predicted octanol–water partition coefficient (Wildman–Crippen LogP) is 5.01. The standard InChI is InChI=1S/C26H34N2O2S/c1-19-12-14-22(15-13-19)17-31-18-25(29)28(16-23-9-5-4-8-20(23)2)21(3)26(30)27-24-10-6-7-11-24/h4-5,8-9,12-15,21,24H,6-7,10-11,16-18H2,1-3H3,(H,27,30). The molecule has 1 fully saturated rings. The van der Waals surface area contributed by atoms with E-state index in [-0.39, 0.29) is 17.9 Å². The zero-order valence-electron chi connectivity index (χ0n) is 18.9. The summed E-state index contributed by atoms with van der Waals surface area (Å²) in [6, 6.07) is 16.2. The lowest BCUT2D eigenvalue weighted by Crippen LogP contribution is -2.50. The highest BCUT2D eigenvalue weighted by Gasteiger charge is 2.28. The quantitative estimate of drug-likeness (QED) is 0.598. The van der Waals surface area contributed by atoms with E-state index in [0.717, 1.165) is 29.7 Å². The summed E-state index contributed by atoms with van der Waals surface area (Å²) in [5, 5.41) is 3.16. The maximum absolute atomic E-state index is 13.2. The van der Waals surface area contributed by atoms with Crippen LogP contribution in [0.2, 0.25) is 0 Å². The lowest BCUT2D eigenvalue weighted by molar-refractivity contribution is -0.139. The first-order chi connectivity index (χ1) is 14.9. The van der Waals surface area contributed by atoms with Crippen molar-refractivity contribution in [2.45, 2.75) is 70.8 Å². The molecule has 0 radical (unpaired) electrons. The second kappa shape index (κ2) is 11.4. The number of thioether (sulfide) groups is 1. The van der Waals surface area contributed by atoms with Crippen LogP contribution in [0.5, 0.6) is 0 Å². The molecule has 4 nitrogen and oxygen atoms in total. The lowest BCUT2D eigenvalue weighted by Gasteiger charge is -2.30. The summed E-state index contributed by atoms with van der Waals surface area (Å²) < 4.78 is 0. The van der Waals surface area contributed by atoms with E-state index in [1.165, 1.54) is 24.0 Å². The van der Waals surface area contributed by atoms with Crippen molar-refractivity contribution in [2.24, 2.45) is 0 Å². The van der Waals surface area contributed by atoms with Gasteiger partial charge in [-0.25, -0.2) is 0 Å². The molecule has 1 aliphatic carbocycles. The van der Waals surface area contributed by atoms with Gasteiger partial charge < -0.3 is 10.2 Å². The highest BCUT2D eigenvalue weighted by molar-refractivity contribution is 7.99. The summed E-state index contributed by atoms with van der Waals surface area (Å²) in [6.45, 7) is 6.43. The number of nitrogens with one attached hydrogen (secondary N) is 1. The third-order valence-corrected chi connectivity index (χ3v) is 7.07. The number of rotatable bonds is 9. The first-order valence-electron chi connectivity index (χ1n) is 11.2. The van der Waals surface area contributed by atoms with Crippen LogP contribution in [0.25, 0.3) is 0 Å². The molecule has 1 atom stereocenters. The second-order valence-electron chi connectivity index (χ2n) is 8.59. The molecule has 2 aromatic carbocycles. The number of benzene rings is 2. The van der Waals surface area contributed by atoms with Crippen molar-refractivity contribution in [3.05, 3.63) is 70.8 Å². The summed E-state index contributed by atoms with van der Waals surface area (Å²) in [4.78, 5) is 27.9.